The van der Waals surface area contributed by atoms with E-state index in [2.05, 4.69) is 27.6 Å². The number of nitrogens with zero attached hydrogens (tertiary/aromatic N) is 3. The van der Waals surface area contributed by atoms with Crippen LogP contribution in [0.25, 0.3) is 0 Å². The number of benzene rings is 1. The molecule has 1 aromatic carbocycles. The summed E-state index contributed by atoms with van der Waals surface area (Å²) in [5.74, 6) is 0.715. The lowest BCUT2D eigenvalue weighted by Crippen LogP contribution is -2.39. The van der Waals surface area contributed by atoms with Gasteiger partial charge in [0.25, 0.3) is 0 Å². The highest BCUT2D eigenvalue weighted by Crippen LogP contribution is 2.19. The first-order valence-corrected chi connectivity index (χ1v) is 8.56. The Morgan fingerprint density at radius 2 is 2.12 bits per heavy atom. The molecule has 0 spiro atoms. The van der Waals surface area contributed by atoms with Crippen molar-refractivity contribution in [3.8, 4) is 0 Å². The molecule has 136 valence electrons. The van der Waals surface area contributed by atoms with Crippen molar-refractivity contribution in [2.75, 3.05) is 20.7 Å². The Hall–Kier alpha value is -2.05. The van der Waals surface area contributed by atoms with Crippen molar-refractivity contribution in [2.45, 2.75) is 26.5 Å². The number of ether oxygens (including phenoxy) is 1. The van der Waals surface area contributed by atoms with Gasteiger partial charge in [-0.3, -0.25) is 9.67 Å². The third-order valence-electron chi connectivity index (χ3n) is 4.27. The second kappa shape index (κ2) is 8.87. The van der Waals surface area contributed by atoms with Crippen LogP contribution in [0, 0.1) is 13.8 Å². The van der Waals surface area contributed by atoms with Crippen LogP contribution in [0.2, 0.25) is 5.02 Å². The molecule has 25 heavy (non-hydrogen) atoms. The van der Waals surface area contributed by atoms with E-state index in [0.29, 0.717) is 24.1 Å². The lowest BCUT2D eigenvalue weighted by atomic mass is 10.1. The summed E-state index contributed by atoms with van der Waals surface area (Å²) >= 11 is 6.07. The van der Waals surface area contributed by atoms with Crippen molar-refractivity contribution in [3.63, 3.8) is 0 Å². The molecule has 0 aliphatic heterocycles. The number of hydrogen-bond donors (Lipinski definition) is 2. The van der Waals surface area contributed by atoms with E-state index >= 15 is 0 Å². The third kappa shape index (κ3) is 4.96. The number of aromatic nitrogens is 2. The molecule has 0 bridgehead atoms. The molecule has 0 saturated carbocycles. The normalized spacial score (nSPS) is 13.0. The van der Waals surface area contributed by atoms with Crippen molar-refractivity contribution >= 4 is 17.6 Å². The predicted molar refractivity (Wildman–Crippen MR) is 102 cm³/mol. The standard InChI is InChI=1S/C18H26ClN5O/c1-12-16(13(2)24(4)23-12)10-21-18(20-3)22-11-17(25-5)14-7-6-8-15(19)9-14/h6-9,17H,10-11H2,1-5H3,(H2,20,21,22). The van der Waals surface area contributed by atoms with Crippen LogP contribution in [0.3, 0.4) is 0 Å². The van der Waals surface area contributed by atoms with E-state index < -0.39 is 0 Å². The van der Waals surface area contributed by atoms with Crippen molar-refractivity contribution in [3.05, 3.63) is 51.8 Å². The summed E-state index contributed by atoms with van der Waals surface area (Å²) in [4.78, 5) is 4.27. The van der Waals surface area contributed by atoms with Gasteiger partial charge in [0.05, 0.1) is 11.8 Å². The van der Waals surface area contributed by atoms with E-state index in [9.17, 15) is 0 Å². The SMILES string of the molecule is CN=C(NCc1c(C)nn(C)c1C)NCC(OC)c1cccc(Cl)c1. The highest BCUT2D eigenvalue weighted by Gasteiger charge is 2.13. The van der Waals surface area contributed by atoms with Crippen molar-refractivity contribution in [2.24, 2.45) is 12.0 Å². The Bertz CT molecular complexity index is 741. The number of rotatable bonds is 6. The molecule has 6 nitrogen and oxygen atoms in total. The number of halogens is 1. The van der Waals surface area contributed by atoms with Gasteiger partial charge >= 0.3 is 0 Å². The molecule has 2 N–H and O–H groups in total. The average molecular weight is 364 g/mol. The van der Waals surface area contributed by atoms with Crippen molar-refractivity contribution < 1.29 is 4.74 Å². The first-order valence-electron chi connectivity index (χ1n) is 8.18. The summed E-state index contributed by atoms with van der Waals surface area (Å²) in [5.41, 5.74) is 4.38. The summed E-state index contributed by atoms with van der Waals surface area (Å²) in [7, 11) is 5.39. The van der Waals surface area contributed by atoms with E-state index in [1.165, 1.54) is 5.56 Å². The maximum absolute atomic E-state index is 6.07. The number of aryl methyl sites for hydroxylation is 2. The molecule has 1 heterocycles. The summed E-state index contributed by atoms with van der Waals surface area (Å²) in [6.45, 7) is 5.33. The molecular formula is C18H26ClN5O. The lowest BCUT2D eigenvalue weighted by molar-refractivity contribution is 0.106. The monoisotopic (exact) mass is 363 g/mol. The van der Waals surface area contributed by atoms with Crippen LogP contribution < -0.4 is 10.6 Å². The molecule has 0 aliphatic carbocycles. The van der Waals surface area contributed by atoms with Gasteiger partial charge in [-0.1, -0.05) is 23.7 Å². The van der Waals surface area contributed by atoms with Gasteiger partial charge in [-0.25, -0.2) is 0 Å². The maximum Gasteiger partial charge on any atom is 0.191 e. The Balaban J connectivity index is 1.95. The number of aliphatic imine (C=N–C) groups is 1. The van der Waals surface area contributed by atoms with Crippen molar-refractivity contribution in [1.82, 2.24) is 20.4 Å². The molecule has 0 fully saturated rings. The van der Waals surface area contributed by atoms with E-state index in [1.807, 2.05) is 42.9 Å². The number of methoxy groups -OCH3 is 1. The fourth-order valence-corrected chi connectivity index (χ4v) is 2.90. The van der Waals surface area contributed by atoms with Crippen LogP contribution in [-0.4, -0.2) is 36.4 Å². The average Bonchev–Trinajstić information content (AvgIpc) is 2.83. The zero-order chi connectivity index (χ0) is 18.4. The molecule has 1 atom stereocenters. The van der Waals surface area contributed by atoms with E-state index in [0.717, 1.165) is 17.0 Å². The van der Waals surface area contributed by atoms with Gasteiger partial charge in [-0.05, 0) is 31.5 Å². The van der Waals surface area contributed by atoms with Crippen LogP contribution in [0.15, 0.2) is 29.3 Å². The minimum atomic E-state index is -0.112. The molecule has 2 rings (SSSR count). The van der Waals surface area contributed by atoms with Crippen molar-refractivity contribution in [1.29, 1.82) is 0 Å². The van der Waals surface area contributed by atoms with E-state index in [1.54, 1.807) is 14.2 Å². The lowest BCUT2D eigenvalue weighted by Gasteiger charge is -2.19. The second-order valence-corrected chi connectivity index (χ2v) is 6.30. The smallest absolute Gasteiger partial charge is 0.191 e. The molecule has 0 aliphatic rings. The Kier molecular flexibility index (Phi) is 6.84. The van der Waals surface area contributed by atoms with Gasteiger partial charge in [0.2, 0.25) is 0 Å². The molecule has 1 aromatic heterocycles. The van der Waals surface area contributed by atoms with Gasteiger partial charge in [-0.15, -0.1) is 0 Å². The fraction of sp³-hybridized carbons (Fsp3) is 0.444. The number of hydrogen-bond acceptors (Lipinski definition) is 3. The summed E-state index contributed by atoms with van der Waals surface area (Å²) in [5, 5.41) is 11.8. The Morgan fingerprint density at radius 1 is 1.36 bits per heavy atom. The van der Waals surface area contributed by atoms with Gasteiger partial charge in [-0.2, -0.15) is 5.10 Å². The summed E-state index contributed by atoms with van der Waals surface area (Å²) < 4.78 is 7.46. The van der Waals surface area contributed by atoms with Gasteiger partial charge < -0.3 is 15.4 Å². The molecule has 0 saturated heterocycles. The van der Waals surface area contributed by atoms with E-state index in [-0.39, 0.29) is 6.10 Å². The highest BCUT2D eigenvalue weighted by atomic mass is 35.5. The molecule has 0 radical (unpaired) electrons. The maximum atomic E-state index is 6.07. The molecule has 2 aromatic rings. The third-order valence-corrected chi connectivity index (χ3v) is 4.51. The topological polar surface area (TPSA) is 63.5 Å². The highest BCUT2D eigenvalue weighted by molar-refractivity contribution is 6.30. The predicted octanol–water partition coefficient (Wildman–Crippen LogP) is 2.74. The molecule has 1 unspecified atom stereocenters. The molecule has 0 amide bonds. The van der Waals surface area contributed by atoms with Crippen LogP contribution in [0.4, 0.5) is 0 Å². The number of nitrogens with one attached hydrogen (secondary N) is 2. The van der Waals surface area contributed by atoms with Gasteiger partial charge in [0.1, 0.15) is 0 Å². The first kappa shape index (κ1) is 19.3. The minimum absolute atomic E-state index is 0.112. The number of guanidine groups is 1. The van der Waals surface area contributed by atoms with Crippen LogP contribution in [0.5, 0.6) is 0 Å². The quantitative estimate of drug-likeness (QED) is 0.612. The van der Waals surface area contributed by atoms with Crippen LogP contribution >= 0.6 is 11.6 Å². The summed E-state index contributed by atoms with van der Waals surface area (Å²) in [6, 6.07) is 7.69. The summed E-state index contributed by atoms with van der Waals surface area (Å²) in [6.07, 6.45) is -0.112. The Morgan fingerprint density at radius 3 is 2.68 bits per heavy atom. The van der Waals surface area contributed by atoms with Gasteiger partial charge in [0.15, 0.2) is 5.96 Å². The largest absolute Gasteiger partial charge is 0.375 e. The Labute approximate surface area is 154 Å². The van der Waals surface area contributed by atoms with Gasteiger partial charge in [0, 0.05) is 50.6 Å². The first-order chi connectivity index (χ1) is 12.0. The zero-order valence-corrected chi connectivity index (χ0v) is 16.2. The zero-order valence-electron chi connectivity index (χ0n) is 15.4. The second-order valence-electron chi connectivity index (χ2n) is 5.86. The van der Waals surface area contributed by atoms with Crippen LogP contribution in [0.1, 0.15) is 28.6 Å². The van der Waals surface area contributed by atoms with Crippen LogP contribution in [-0.2, 0) is 18.3 Å². The molecular weight excluding hydrogens is 338 g/mol. The minimum Gasteiger partial charge on any atom is -0.375 e. The van der Waals surface area contributed by atoms with E-state index in [4.69, 9.17) is 16.3 Å². The fourth-order valence-electron chi connectivity index (χ4n) is 2.70. The molecule has 7 heteroatoms.